The summed E-state index contributed by atoms with van der Waals surface area (Å²) >= 11 is 0. The molecular weight excluding hydrogens is 266 g/mol. The second-order valence-electron chi connectivity index (χ2n) is 4.90. The Kier molecular flexibility index (Phi) is 4.51. The lowest BCUT2D eigenvalue weighted by atomic mass is 10.1. The van der Waals surface area contributed by atoms with E-state index in [2.05, 4.69) is 15.0 Å². The fourth-order valence-electron chi connectivity index (χ4n) is 2.00. The van der Waals surface area contributed by atoms with Gasteiger partial charge in [-0.1, -0.05) is 0 Å². The molecule has 1 aliphatic heterocycles. The van der Waals surface area contributed by atoms with Gasteiger partial charge in [-0.05, 0) is 37.1 Å². The van der Waals surface area contributed by atoms with Crippen molar-refractivity contribution in [3.8, 4) is 0 Å². The number of rotatable bonds is 6. The van der Waals surface area contributed by atoms with E-state index in [0.29, 0.717) is 19.4 Å². The van der Waals surface area contributed by atoms with E-state index < -0.39 is 15.6 Å². The van der Waals surface area contributed by atoms with Gasteiger partial charge in [-0.25, -0.2) is 13.1 Å². The van der Waals surface area contributed by atoms with Gasteiger partial charge in [0.05, 0.1) is 11.4 Å². The van der Waals surface area contributed by atoms with Crippen LogP contribution in [0, 0.1) is 0 Å². The number of aryl methyl sites for hydroxylation is 1. The van der Waals surface area contributed by atoms with Crippen LogP contribution >= 0.6 is 0 Å². The van der Waals surface area contributed by atoms with E-state index >= 15 is 0 Å². The SMILES string of the molecule is O=S(=O)(CCc1ccncc1)NCC1(O)CCNC1. The van der Waals surface area contributed by atoms with Crippen LogP contribution in [0.3, 0.4) is 0 Å². The topological polar surface area (TPSA) is 91.3 Å². The Bertz CT molecular complexity index is 498. The minimum Gasteiger partial charge on any atom is -0.387 e. The molecule has 7 heteroatoms. The van der Waals surface area contributed by atoms with Gasteiger partial charge in [0.25, 0.3) is 0 Å². The third-order valence-corrected chi connectivity index (χ3v) is 4.58. The van der Waals surface area contributed by atoms with E-state index in [4.69, 9.17) is 0 Å². The molecule has 0 amide bonds. The van der Waals surface area contributed by atoms with Crippen molar-refractivity contribution in [2.24, 2.45) is 0 Å². The molecule has 3 N–H and O–H groups in total. The first-order chi connectivity index (χ1) is 8.99. The smallest absolute Gasteiger partial charge is 0.212 e. The molecule has 0 aliphatic carbocycles. The monoisotopic (exact) mass is 285 g/mol. The maximum absolute atomic E-state index is 11.8. The van der Waals surface area contributed by atoms with Crippen LogP contribution in [0.5, 0.6) is 0 Å². The zero-order valence-corrected chi connectivity index (χ0v) is 11.5. The molecule has 0 saturated carbocycles. The highest BCUT2D eigenvalue weighted by Crippen LogP contribution is 2.13. The first kappa shape index (κ1) is 14.4. The van der Waals surface area contributed by atoms with Gasteiger partial charge in [0.1, 0.15) is 0 Å². The van der Waals surface area contributed by atoms with Crippen molar-refractivity contribution in [1.29, 1.82) is 0 Å². The third kappa shape index (κ3) is 4.54. The Morgan fingerprint density at radius 3 is 2.79 bits per heavy atom. The van der Waals surface area contributed by atoms with Crippen LogP contribution in [0.4, 0.5) is 0 Å². The molecule has 2 heterocycles. The summed E-state index contributed by atoms with van der Waals surface area (Å²) in [5.74, 6) is 0.0144. The van der Waals surface area contributed by atoms with Crippen molar-refractivity contribution in [3.05, 3.63) is 30.1 Å². The van der Waals surface area contributed by atoms with E-state index in [1.807, 2.05) is 0 Å². The number of aromatic nitrogens is 1. The van der Waals surface area contributed by atoms with E-state index in [-0.39, 0.29) is 12.3 Å². The summed E-state index contributed by atoms with van der Waals surface area (Å²) in [5, 5.41) is 13.1. The van der Waals surface area contributed by atoms with E-state index in [1.165, 1.54) is 0 Å². The molecule has 1 fully saturated rings. The Hall–Kier alpha value is -1.02. The first-order valence-electron chi connectivity index (χ1n) is 6.29. The number of sulfonamides is 1. The number of β-amino-alcohol motifs (C(OH)–C–C–N with tert-alkyl or cyclic N) is 1. The zero-order chi connectivity index (χ0) is 13.8. The molecule has 0 radical (unpaired) electrons. The minimum atomic E-state index is -3.36. The predicted octanol–water partition coefficient (Wildman–Crippen LogP) is -0.732. The molecule has 0 bridgehead atoms. The summed E-state index contributed by atoms with van der Waals surface area (Å²) in [5.41, 5.74) is -0.0226. The predicted molar refractivity (Wildman–Crippen MR) is 72.2 cm³/mol. The molecule has 106 valence electrons. The largest absolute Gasteiger partial charge is 0.387 e. The van der Waals surface area contributed by atoms with Crippen molar-refractivity contribution in [3.63, 3.8) is 0 Å². The summed E-state index contributed by atoms with van der Waals surface area (Å²) in [4.78, 5) is 3.88. The van der Waals surface area contributed by atoms with Gasteiger partial charge in [0, 0.05) is 25.5 Å². The summed E-state index contributed by atoms with van der Waals surface area (Å²) in [6, 6.07) is 3.59. The number of hydrogen-bond donors (Lipinski definition) is 3. The summed E-state index contributed by atoms with van der Waals surface area (Å²) in [6.45, 7) is 1.22. The van der Waals surface area contributed by atoms with Crippen LogP contribution in [0.15, 0.2) is 24.5 Å². The Morgan fingerprint density at radius 2 is 2.16 bits per heavy atom. The molecule has 0 spiro atoms. The molecule has 1 aromatic rings. The van der Waals surface area contributed by atoms with Gasteiger partial charge in [-0.3, -0.25) is 4.98 Å². The lowest BCUT2D eigenvalue weighted by Gasteiger charge is -2.21. The van der Waals surface area contributed by atoms with Crippen molar-refractivity contribution < 1.29 is 13.5 Å². The molecule has 6 nitrogen and oxygen atoms in total. The summed E-state index contributed by atoms with van der Waals surface area (Å²) < 4.78 is 26.2. The number of nitrogens with one attached hydrogen (secondary N) is 2. The Labute approximate surface area is 113 Å². The van der Waals surface area contributed by atoms with Crippen molar-refractivity contribution in [2.45, 2.75) is 18.4 Å². The fraction of sp³-hybridized carbons (Fsp3) is 0.583. The number of nitrogens with zero attached hydrogens (tertiary/aromatic N) is 1. The third-order valence-electron chi connectivity index (χ3n) is 3.25. The van der Waals surface area contributed by atoms with E-state index in [9.17, 15) is 13.5 Å². The Morgan fingerprint density at radius 1 is 1.42 bits per heavy atom. The fourth-order valence-corrected chi connectivity index (χ4v) is 3.14. The average molecular weight is 285 g/mol. The molecule has 1 saturated heterocycles. The van der Waals surface area contributed by atoms with Crippen LogP contribution in [0.2, 0.25) is 0 Å². The van der Waals surface area contributed by atoms with E-state index in [1.54, 1.807) is 24.5 Å². The van der Waals surface area contributed by atoms with E-state index in [0.717, 1.165) is 12.1 Å². The van der Waals surface area contributed by atoms with Gasteiger partial charge >= 0.3 is 0 Å². The molecule has 0 aromatic carbocycles. The highest BCUT2D eigenvalue weighted by Gasteiger charge is 2.32. The van der Waals surface area contributed by atoms with Gasteiger partial charge < -0.3 is 10.4 Å². The lowest BCUT2D eigenvalue weighted by molar-refractivity contribution is 0.0668. The van der Waals surface area contributed by atoms with Crippen molar-refractivity contribution in [1.82, 2.24) is 15.0 Å². The second-order valence-corrected chi connectivity index (χ2v) is 6.82. The highest BCUT2D eigenvalue weighted by molar-refractivity contribution is 7.89. The number of pyridine rings is 1. The molecule has 1 atom stereocenters. The lowest BCUT2D eigenvalue weighted by Crippen LogP contribution is -2.45. The minimum absolute atomic E-state index is 0.0144. The summed E-state index contributed by atoms with van der Waals surface area (Å²) in [6.07, 6.45) is 4.29. The molecule has 1 aliphatic rings. The highest BCUT2D eigenvalue weighted by atomic mass is 32.2. The molecule has 2 rings (SSSR count). The summed E-state index contributed by atoms with van der Waals surface area (Å²) in [7, 11) is -3.36. The van der Waals surface area contributed by atoms with Crippen molar-refractivity contribution >= 4 is 10.0 Å². The van der Waals surface area contributed by atoms with Crippen LogP contribution in [0.25, 0.3) is 0 Å². The van der Waals surface area contributed by atoms with Gasteiger partial charge in [-0.2, -0.15) is 0 Å². The second kappa shape index (κ2) is 5.96. The van der Waals surface area contributed by atoms with Crippen LogP contribution in [-0.2, 0) is 16.4 Å². The van der Waals surface area contributed by atoms with Gasteiger partial charge in [0.15, 0.2) is 0 Å². The normalized spacial score (nSPS) is 23.6. The van der Waals surface area contributed by atoms with Gasteiger partial charge in [-0.15, -0.1) is 0 Å². The average Bonchev–Trinajstić information content (AvgIpc) is 2.84. The first-order valence-corrected chi connectivity index (χ1v) is 7.94. The molecule has 1 unspecified atom stereocenters. The maximum atomic E-state index is 11.8. The number of hydrogen-bond acceptors (Lipinski definition) is 5. The maximum Gasteiger partial charge on any atom is 0.212 e. The zero-order valence-electron chi connectivity index (χ0n) is 10.7. The van der Waals surface area contributed by atoms with Crippen molar-refractivity contribution in [2.75, 3.05) is 25.4 Å². The van der Waals surface area contributed by atoms with Crippen LogP contribution in [-0.4, -0.2) is 49.5 Å². The molecular formula is C12H19N3O3S. The molecule has 19 heavy (non-hydrogen) atoms. The molecule has 1 aromatic heterocycles. The van der Waals surface area contributed by atoms with Crippen LogP contribution < -0.4 is 10.0 Å². The quantitative estimate of drug-likeness (QED) is 0.641. The standard InChI is InChI=1S/C12H19N3O3S/c16-12(4-7-14-9-12)10-15-19(17,18)8-3-11-1-5-13-6-2-11/h1-2,5-6,14-16H,3-4,7-10H2. The number of aliphatic hydroxyl groups is 1. The Balaban J connectivity index is 1.82. The van der Waals surface area contributed by atoms with Crippen LogP contribution in [0.1, 0.15) is 12.0 Å². The van der Waals surface area contributed by atoms with Gasteiger partial charge in [0.2, 0.25) is 10.0 Å².